The van der Waals surface area contributed by atoms with E-state index in [4.69, 9.17) is 5.26 Å². The van der Waals surface area contributed by atoms with Gasteiger partial charge in [-0.1, -0.05) is 13.8 Å². The van der Waals surface area contributed by atoms with Crippen LogP contribution in [0.25, 0.3) is 22.5 Å². The summed E-state index contributed by atoms with van der Waals surface area (Å²) >= 11 is 0. The first-order valence-corrected chi connectivity index (χ1v) is 15.7. The number of aromatic nitrogens is 4. The second kappa shape index (κ2) is 13.1. The van der Waals surface area contributed by atoms with E-state index in [0.717, 1.165) is 19.5 Å². The first-order valence-electron chi connectivity index (χ1n) is 15.7. The van der Waals surface area contributed by atoms with Gasteiger partial charge in [0.05, 0.1) is 36.2 Å². The quantitative estimate of drug-likeness (QED) is 0.217. The zero-order valence-corrected chi connectivity index (χ0v) is 26.8. The van der Waals surface area contributed by atoms with Gasteiger partial charge in [0, 0.05) is 44.4 Å². The average molecular weight is 654 g/mol. The molecule has 4 heterocycles. The lowest BCUT2D eigenvalue weighted by Gasteiger charge is -2.35. The van der Waals surface area contributed by atoms with Crippen molar-refractivity contribution in [1.29, 1.82) is 10.5 Å². The standard InChI is InChI=1S/C35H34F3N9O/c1-21-9-22(2)17-46(16-21)18-24-11-28-29(30(12-24)35(36,37)38)19-47(34(28)48)32-14-25(13-31(43-32)41-8-4-7-39)27-10-23(15-40)5-6-26(27)33-44-42-20-45(33)3/h5-6,10-14,20-22H,4,8-9,16-19H2,1-3H3,(H,41,43)/t21-,22+. The second-order valence-electron chi connectivity index (χ2n) is 12.8. The number of nitrogens with zero attached hydrogens (tertiary/aromatic N) is 8. The van der Waals surface area contributed by atoms with Gasteiger partial charge in [-0.05, 0) is 83.0 Å². The van der Waals surface area contributed by atoms with Crippen LogP contribution in [0.5, 0.6) is 0 Å². The van der Waals surface area contributed by atoms with Crippen LogP contribution in [0.2, 0.25) is 0 Å². The molecule has 0 aliphatic carbocycles. The minimum atomic E-state index is -4.67. The summed E-state index contributed by atoms with van der Waals surface area (Å²) < 4.78 is 45.4. The predicted octanol–water partition coefficient (Wildman–Crippen LogP) is 6.40. The van der Waals surface area contributed by atoms with Crippen LogP contribution in [0.4, 0.5) is 24.8 Å². The number of piperidine rings is 1. The van der Waals surface area contributed by atoms with Gasteiger partial charge in [-0.3, -0.25) is 14.6 Å². The molecule has 0 saturated carbocycles. The van der Waals surface area contributed by atoms with E-state index >= 15 is 0 Å². The summed E-state index contributed by atoms with van der Waals surface area (Å²) in [5.41, 5.74) is 1.70. The van der Waals surface area contributed by atoms with Crippen LogP contribution in [-0.2, 0) is 26.3 Å². The summed E-state index contributed by atoms with van der Waals surface area (Å²) in [7, 11) is 1.78. The third-order valence-corrected chi connectivity index (χ3v) is 8.80. The Labute approximate surface area is 276 Å². The molecule has 2 aromatic carbocycles. The molecule has 0 spiro atoms. The highest BCUT2D eigenvalue weighted by atomic mass is 19.4. The number of nitriles is 2. The molecule has 2 aliphatic rings. The number of hydrogen-bond donors (Lipinski definition) is 1. The summed E-state index contributed by atoms with van der Waals surface area (Å²) in [6.07, 6.45) is -1.87. The Balaban J connectivity index is 1.43. The molecular weight excluding hydrogens is 619 g/mol. The van der Waals surface area contributed by atoms with Crippen LogP contribution in [0.3, 0.4) is 0 Å². The molecular formula is C35H34F3N9O. The number of rotatable bonds is 8. The Kier molecular flexibility index (Phi) is 8.91. The molecule has 2 atom stereocenters. The Hall–Kier alpha value is -5.27. The van der Waals surface area contributed by atoms with Crippen molar-refractivity contribution in [3.63, 3.8) is 0 Å². The minimum Gasteiger partial charge on any atom is -0.369 e. The maximum atomic E-state index is 14.6. The topological polar surface area (TPSA) is 127 Å². The van der Waals surface area contributed by atoms with Crippen molar-refractivity contribution in [2.24, 2.45) is 18.9 Å². The summed E-state index contributed by atoms with van der Waals surface area (Å²) in [5, 5.41) is 30.1. The maximum Gasteiger partial charge on any atom is 0.416 e. The molecule has 1 fully saturated rings. The lowest BCUT2D eigenvalue weighted by molar-refractivity contribution is -0.138. The number of benzene rings is 2. The number of anilines is 2. The molecule has 0 radical (unpaired) electrons. The molecule has 1 saturated heterocycles. The molecule has 4 aromatic rings. The Morgan fingerprint density at radius 2 is 1.79 bits per heavy atom. The van der Waals surface area contributed by atoms with E-state index < -0.39 is 17.6 Å². The first kappa shape index (κ1) is 32.7. The molecule has 2 aliphatic heterocycles. The number of aryl methyl sites for hydroxylation is 1. The van der Waals surface area contributed by atoms with Crippen molar-refractivity contribution < 1.29 is 18.0 Å². The third kappa shape index (κ3) is 6.60. The maximum absolute atomic E-state index is 14.6. The van der Waals surface area contributed by atoms with E-state index in [1.807, 2.05) is 0 Å². The lowest BCUT2D eigenvalue weighted by Crippen LogP contribution is -2.38. The predicted molar refractivity (Wildman–Crippen MR) is 173 cm³/mol. The molecule has 1 N–H and O–H groups in total. The van der Waals surface area contributed by atoms with E-state index in [2.05, 4.69) is 51.4 Å². The van der Waals surface area contributed by atoms with Gasteiger partial charge in [0.1, 0.15) is 18.0 Å². The van der Waals surface area contributed by atoms with E-state index in [9.17, 15) is 23.2 Å². The van der Waals surface area contributed by atoms with Gasteiger partial charge in [0.15, 0.2) is 5.82 Å². The van der Waals surface area contributed by atoms with Crippen LogP contribution in [0.1, 0.15) is 59.3 Å². The van der Waals surface area contributed by atoms with Crippen molar-refractivity contribution in [2.45, 2.75) is 46.0 Å². The zero-order valence-electron chi connectivity index (χ0n) is 26.8. The first-order chi connectivity index (χ1) is 22.9. The molecule has 13 heteroatoms. The third-order valence-electron chi connectivity index (χ3n) is 8.80. The highest BCUT2D eigenvalue weighted by molar-refractivity contribution is 6.10. The number of pyridine rings is 1. The average Bonchev–Trinajstić information content (AvgIpc) is 3.62. The van der Waals surface area contributed by atoms with Gasteiger partial charge in [-0.15, -0.1) is 10.2 Å². The summed E-state index contributed by atoms with van der Waals surface area (Å²) in [5.74, 6) is 1.26. The molecule has 6 rings (SSSR count). The van der Waals surface area contributed by atoms with E-state index in [1.54, 1.807) is 54.3 Å². The minimum absolute atomic E-state index is 0.00961. The van der Waals surface area contributed by atoms with Crippen molar-refractivity contribution >= 4 is 17.5 Å². The van der Waals surface area contributed by atoms with Crippen molar-refractivity contribution in [3.05, 3.63) is 76.6 Å². The number of fused-ring (bicyclic) bond motifs is 1. The van der Waals surface area contributed by atoms with Gasteiger partial charge in [0.25, 0.3) is 5.91 Å². The second-order valence-corrected chi connectivity index (χ2v) is 12.8. The molecule has 10 nitrogen and oxygen atoms in total. The normalized spacial score (nSPS) is 18.0. The fraction of sp³-hybridized carbons (Fsp3) is 0.371. The van der Waals surface area contributed by atoms with E-state index in [-0.39, 0.29) is 36.5 Å². The SMILES string of the molecule is C[C@@H]1C[C@H](C)CN(Cc2cc3c(c(C(F)(F)F)c2)CN(c2cc(-c4cc(C#N)ccc4-c4nncn4C)cc(NCCC#N)n2)C3=O)C1. The van der Waals surface area contributed by atoms with Crippen molar-refractivity contribution in [1.82, 2.24) is 24.6 Å². The van der Waals surface area contributed by atoms with Gasteiger partial charge >= 0.3 is 6.18 Å². The highest BCUT2D eigenvalue weighted by Crippen LogP contribution is 2.41. The molecule has 0 bridgehead atoms. The van der Waals surface area contributed by atoms with Gasteiger partial charge in [-0.25, -0.2) is 4.98 Å². The fourth-order valence-electron chi connectivity index (χ4n) is 6.90. The fourth-order valence-corrected chi connectivity index (χ4v) is 6.90. The largest absolute Gasteiger partial charge is 0.416 e. The summed E-state index contributed by atoms with van der Waals surface area (Å²) in [6, 6.07) is 15.4. The van der Waals surface area contributed by atoms with Crippen molar-refractivity contribution in [2.75, 3.05) is 29.9 Å². The Morgan fingerprint density at radius 1 is 1.02 bits per heavy atom. The highest BCUT2D eigenvalue weighted by Gasteiger charge is 2.41. The number of alkyl halides is 3. The van der Waals surface area contributed by atoms with Crippen LogP contribution in [-0.4, -0.2) is 50.2 Å². The lowest BCUT2D eigenvalue weighted by atomic mass is 9.91. The van der Waals surface area contributed by atoms with Crippen LogP contribution >= 0.6 is 0 Å². The number of carbonyl (C=O) groups is 1. The number of halogens is 3. The monoisotopic (exact) mass is 653 g/mol. The van der Waals surface area contributed by atoms with Gasteiger partial charge < -0.3 is 9.88 Å². The molecule has 0 unspecified atom stereocenters. The molecule has 246 valence electrons. The van der Waals surface area contributed by atoms with E-state index in [0.29, 0.717) is 57.8 Å². The summed E-state index contributed by atoms with van der Waals surface area (Å²) in [4.78, 5) is 22.1. The van der Waals surface area contributed by atoms with Crippen molar-refractivity contribution in [3.8, 4) is 34.7 Å². The van der Waals surface area contributed by atoms with E-state index in [1.165, 1.54) is 11.0 Å². The van der Waals surface area contributed by atoms with Crippen LogP contribution < -0.4 is 10.2 Å². The molecule has 48 heavy (non-hydrogen) atoms. The number of hydrogen-bond acceptors (Lipinski definition) is 8. The molecule has 1 amide bonds. The van der Waals surface area contributed by atoms with Gasteiger partial charge in [-0.2, -0.15) is 23.7 Å². The number of nitrogens with one attached hydrogen (secondary N) is 1. The van der Waals surface area contributed by atoms with Crippen LogP contribution in [0.15, 0.2) is 48.8 Å². The zero-order chi connectivity index (χ0) is 34.2. The summed E-state index contributed by atoms with van der Waals surface area (Å²) in [6.45, 7) is 6.11. The Morgan fingerprint density at radius 3 is 2.46 bits per heavy atom. The number of carbonyl (C=O) groups excluding carboxylic acids is 1. The van der Waals surface area contributed by atoms with Crippen LogP contribution in [0, 0.1) is 34.5 Å². The number of amides is 1. The molecule has 2 aromatic heterocycles. The number of likely N-dealkylation sites (tertiary alicyclic amines) is 1. The Bertz CT molecular complexity index is 1950. The smallest absolute Gasteiger partial charge is 0.369 e. The van der Waals surface area contributed by atoms with Gasteiger partial charge in [0.2, 0.25) is 0 Å².